The molecule has 3 aromatic rings. The van der Waals surface area contributed by atoms with E-state index in [1.54, 1.807) is 17.4 Å². The van der Waals surface area contributed by atoms with Crippen LogP contribution >= 0.6 is 38.9 Å². The molecule has 6 heteroatoms. The molecule has 0 aliphatic carbocycles. The second-order valence-electron chi connectivity index (χ2n) is 3.98. The lowest BCUT2D eigenvalue weighted by Gasteiger charge is -1.95. The topological polar surface area (TPSA) is 38.9 Å². The zero-order valence-electron chi connectivity index (χ0n) is 10.1. The summed E-state index contributed by atoms with van der Waals surface area (Å²) in [5.41, 5.74) is 1.89. The Morgan fingerprint density at radius 3 is 2.75 bits per heavy atom. The molecule has 0 spiro atoms. The van der Waals surface area contributed by atoms with Gasteiger partial charge in [0.1, 0.15) is 5.03 Å². The average Bonchev–Trinajstić information content (AvgIpc) is 3.11. The molecule has 0 fully saturated rings. The van der Waals surface area contributed by atoms with Crippen LogP contribution in [0.4, 0.5) is 0 Å². The van der Waals surface area contributed by atoms with E-state index in [1.807, 2.05) is 41.1 Å². The number of halogens is 2. The maximum Gasteiger partial charge on any atom is 0.269 e. The van der Waals surface area contributed by atoms with Gasteiger partial charge >= 0.3 is 0 Å². The van der Waals surface area contributed by atoms with Crippen LogP contribution in [0.25, 0.3) is 22.5 Å². The van der Waals surface area contributed by atoms with Crippen LogP contribution in [-0.4, -0.2) is 10.1 Å². The van der Waals surface area contributed by atoms with E-state index in [0.29, 0.717) is 16.7 Å². The van der Waals surface area contributed by atoms with Crippen molar-refractivity contribution < 1.29 is 4.52 Å². The molecular weight excluding hydrogens is 360 g/mol. The van der Waals surface area contributed by atoms with Crippen LogP contribution < -0.4 is 0 Å². The van der Waals surface area contributed by atoms with Crippen molar-refractivity contribution in [2.45, 2.75) is 0 Å². The number of nitrogens with zero attached hydrogens (tertiary/aromatic N) is 2. The van der Waals surface area contributed by atoms with Crippen LogP contribution in [0, 0.1) is 0 Å². The van der Waals surface area contributed by atoms with E-state index >= 15 is 0 Å². The van der Waals surface area contributed by atoms with Crippen LogP contribution in [0.3, 0.4) is 0 Å². The third kappa shape index (κ3) is 3.00. The molecule has 0 unspecified atom stereocenters. The Labute approximate surface area is 133 Å². The lowest BCUT2D eigenvalue weighted by atomic mass is 10.2. The molecule has 0 radical (unpaired) electrons. The average molecular weight is 368 g/mol. The van der Waals surface area contributed by atoms with Crippen LogP contribution in [0.5, 0.6) is 0 Å². The van der Waals surface area contributed by atoms with Crippen molar-refractivity contribution in [2.24, 2.45) is 0 Å². The van der Waals surface area contributed by atoms with Gasteiger partial charge in [0.25, 0.3) is 5.89 Å². The van der Waals surface area contributed by atoms with E-state index in [2.05, 4.69) is 26.1 Å². The largest absolute Gasteiger partial charge is 0.333 e. The van der Waals surface area contributed by atoms with Crippen molar-refractivity contribution in [3.05, 3.63) is 57.0 Å². The minimum absolute atomic E-state index is 0.316. The van der Waals surface area contributed by atoms with Crippen LogP contribution in [0.2, 0.25) is 0 Å². The smallest absolute Gasteiger partial charge is 0.269 e. The Bertz CT molecular complexity index is 735. The van der Waals surface area contributed by atoms with Crippen molar-refractivity contribution in [1.29, 1.82) is 0 Å². The molecule has 0 N–H and O–H groups in total. The van der Waals surface area contributed by atoms with Crippen LogP contribution in [0.1, 0.15) is 11.5 Å². The van der Waals surface area contributed by atoms with Crippen molar-refractivity contribution >= 4 is 50.0 Å². The number of hydrogen-bond donors (Lipinski definition) is 0. The van der Waals surface area contributed by atoms with Crippen LogP contribution in [0.15, 0.2) is 50.1 Å². The Morgan fingerprint density at radius 2 is 2.05 bits per heavy atom. The fraction of sp³-hybridized carbons (Fsp3) is 0. The number of hydrogen-bond acceptors (Lipinski definition) is 4. The Balaban J connectivity index is 1.87. The second-order valence-corrected chi connectivity index (χ2v) is 6.08. The zero-order chi connectivity index (χ0) is 13.9. The monoisotopic (exact) mass is 366 g/mol. The van der Waals surface area contributed by atoms with Gasteiger partial charge in [0, 0.05) is 15.4 Å². The number of rotatable bonds is 3. The van der Waals surface area contributed by atoms with Gasteiger partial charge in [-0.05, 0) is 35.2 Å². The fourth-order valence-electron chi connectivity index (χ4n) is 1.60. The lowest BCUT2D eigenvalue weighted by Crippen LogP contribution is -1.79. The highest BCUT2D eigenvalue weighted by Crippen LogP contribution is 2.25. The summed E-state index contributed by atoms with van der Waals surface area (Å²) in [6.45, 7) is 0. The summed E-state index contributed by atoms with van der Waals surface area (Å²) >= 11 is 11.2. The standard InChI is InChI=1S/C14H8BrClN2OS/c15-11-3-1-9(2-4-11)7-12(16)14-17-13(18-19-14)10-5-6-20-8-10/h1-8H/b12-7-. The maximum atomic E-state index is 6.21. The number of benzene rings is 1. The minimum Gasteiger partial charge on any atom is -0.333 e. The quantitative estimate of drug-likeness (QED) is 0.630. The minimum atomic E-state index is 0.316. The molecule has 100 valence electrons. The highest BCUT2D eigenvalue weighted by molar-refractivity contribution is 9.10. The first-order valence-corrected chi connectivity index (χ1v) is 7.83. The Kier molecular flexibility index (Phi) is 4.00. The van der Waals surface area contributed by atoms with Crippen molar-refractivity contribution in [2.75, 3.05) is 0 Å². The van der Waals surface area contributed by atoms with Crippen LogP contribution in [-0.2, 0) is 0 Å². The van der Waals surface area contributed by atoms with Crippen molar-refractivity contribution in [3.63, 3.8) is 0 Å². The first kappa shape index (κ1) is 13.5. The molecule has 2 aromatic heterocycles. The highest BCUT2D eigenvalue weighted by Gasteiger charge is 2.11. The summed E-state index contributed by atoms with van der Waals surface area (Å²) in [5.74, 6) is 0.861. The van der Waals surface area contributed by atoms with Gasteiger partial charge < -0.3 is 4.52 Å². The zero-order valence-corrected chi connectivity index (χ0v) is 13.2. The van der Waals surface area contributed by atoms with E-state index in [9.17, 15) is 0 Å². The maximum absolute atomic E-state index is 6.21. The molecule has 0 amide bonds. The van der Waals surface area contributed by atoms with Gasteiger partial charge in [-0.3, -0.25) is 0 Å². The van der Waals surface area contributed by atoms with Gasteiger partial charge in [0.15, 0.2) is 0 Å². The normalized spacial score (nSPS) is 11.8. The van der Waals surface area contributed by atoms with Gasteiger partial charge in [-0.25, -0.2) is 0 Å². The second kappa shape index (κ2) is 5.91. The van der Waals surface area contributed by atoms with E-state index in [4.69, 9.17) is 16.1 Å². The van der Waals surface area contributed by atoms with E-state index < -0.39 is 0 Å². The first-order valence-electron chi connectivity index (χ1n) is 5.72. The molecule has 0 saturated heterocycles. The predicted octanol–water partition coefficient (Wildman–Crippen LogP) is 5.30. The predicted molar refractivity (Wildman–Crippen MR) is 85.5 cm³/mol. The van der Waals surface area contributed by atoms with E-state index in [1.165, 1.54) is 0 Å². The molecule has 0 aliphatic rings. The molecule has 3 nitrogen and oxygen atoms in total. The molecule has 1 aromatic carbocycles. The first-order chi connectivity index (χ1) is 9.72. The summed E-state index contributed by atoms with van der Waals surface area (Å²) < 4.78 is 6.20. The third-order valence-corrected chi connectivity index (χ3v) is 4.06. The molecule has 20 heavy (non-hydrogen) atoms. The van der Waals surface area contributed by atoms with Gasteiger partial charge in [-0.15, -0.1) is 0 Å². The van der Waals surface area contributed by atoms with Gasteiger partial charge in [0.2, 0.25) is 5.82 Å². The molecule has 0 aliphatic heterocycles. The molecule has 3 rings (SSSR count). The van der Waals surface area contributed by atoms with Gasteiger partial charge in [-0.1, -0.05) is 44.8 Å². The van der Waals surface area contributed by atoms with E-state index in [-0.39, 0.29) is 0 Å². The molecular formula is C14H8BrClN2OS. The molecule has 2 heterocycles. The van der Waals surface area contributed by atoms with Gasteiger partial charge in [0.05, 0.1) is 0 Å². The number of thiophene rings is 1. The number of aromatic nitrogens is 2. The highest BCUT2D eigenvalue weighted by atomic mass is 79.9. The summed E-state index contributed by atoms with van der Waals surface area (Å²) in [6, 6.07) is 9.72. The van der Waals surface area contributed by atoms with Crippen molar-refractivity contribution in [1.82, 2.24) is 10.1 Å². The summed E-state index contributed by atoms with van der Waals surface area (Å²) in [5, 5.41) is 8.26. The van der Waals surface area contributed by atoms with Gasteiger partial charge in [-0.2, -0.15) is 16.3 Å². The lowest BCUT2D eigenvalue weighted by molar-refractivity contribution is 0.410. The Hall–Kier alpha value is -1.43. The summed E-state index contributed by atoms with van der Waals surface area (Å²) in [7, 11) is 0. The Morgan fingerprint density at radius 1 is 1.25 bits per heavy atom. The molecule has 0 saturated carbocycles. The summed E-state index contributed by atoms with van der Waals surface area (Å²) in [6.07, 6.45) is 1.79. The SMILES string of the molecule is Cl/C(=C\c1ccc(Br)cc1)c1nc(-c2ccsc2)no1. The molecule has 0 bridgehead atoms. The fourth-order valence-corrected chi connectivity index (χ4v) is 2.70. The summed E-state index contributed by atoms with van der Waals surface area (Å²) in [4.78, 5) is 4.29. The third-order valence-electron chi connectivity index (χ3n) is 2.57. The van der Waals surface area contributed by atoms with Crippen molar-refractivity contribution in [3.8, 4) is 11.4 Å². The molecule has 0 atom stereocenters. The van der Waals surface area contributed by atoms with E-state index in [0.717, 1.165) is 15.6 Å².